The quantitative estimate of drug-likeness (QED) is 0.558. The number of carbonyl (C=O) groups is 2. The van der Waals surface area contributed by atoms with Crippen molar-refractivity contribution in [1.82, 2.24) is 15.4 Å². The Bertz CT molecular complexity index is 916. The number of benzene rings is 1. The summed E-state index contributed by atoms with van der Waals surface area (Å²) in [5.74, 6) is 0.105. The summed E-state index contributed by atoms with van der Waals surface area (Å²) in [6.45, 7) is 5.69. The minimum Gasteiger partial charge on any atom is -0.468 e. The lowest BCUT2D eigenvalue weighted by Gasteiger charge is -2.19. The van der Waals surface area contributed by atoms with Crippen molar-refractivity contribution >= 4 is 22.0 Å². The van der Waals surface area contributed by atoms with Gasteiger partial charge in [0.15, 0.2) is 0 Å². The highest BCUT2D eigenvalue weighted by atomic mass is 32.2. The summed E-state index contributed by atoms with van der Waals surface area (Å²) in [5.41, 5.74) is -0.297. The summed E-state index contributed by atoms with van der Waals surface area (Å²) in [4.78, 5) is 23.7. The van der Waals surface area contributed by atoms with Crippen molar-refractivity contribution in [2.75, 3.05) is 13.1 Å². The van der Waals surface area contributed by atoms with Gasteiger partial charge in [0.05, 0.1) is 17.7 Å². The Kier molecular flexibility index (Phi) is 7.40. The summed E-state index contributed by atoms with van der Waals surface area (Å²) in [7, 11) is -3.73. The van der Waals surface area contributed by atoms with E-state index in [0.717, 1.165) is 0 Å². The molecule has 2 rings (SSSR count). The second kappa shape index (κ2) is 9.57. The second-order valence-electron chi connectivity index (χ2n) is 7.11. The van der Waals surface area contributed by atoms with E-state index in [4.69, 9.17) is 9.15 Å². The summed E-state index contributed by atoms with van der Waals surface area (Å²) >= 11 is 0. The van der Waals surface area contributed by atoms with Gasteiger partial charge in [0.25, 0.3) is 5.91 Å². The molecule has 1 aromatic carbocycles. The molecular weight excluding hydrogens is 398 g/mol. The SMILES string of the molecule is CC(C)(C)OC(=O)NCCNC(=O)c1ccc(S(=O)(=O)NCc2ccco2)cc1. The third-order valence-corrected chi connectivity index (χ3v) is 4.94. The Balaban J connectivity index is 1.81. The normalized spacial score (nSPS) is 11.7. The van der Waals surface area contributed by atoms with Crippen molar-refractivity contribution in [2.45, 2.75) is 37.8 Å². The van der Waals surface area contributed by atoms with Gasteiger partial charge in [-0.3, -0.25) is 4.79 Å². The van der Waals surface area contributed by atoms with E-state index in [1.54, 1.807) is 32.9 Å². The fourth-order valence-electron chi connectivity index (χ4n) is 2.20. The van der Waals surface area contributed by atoms with Crippen molar-refractivity contribution in [3.05, 3.63) is 54.0 Å². The molecule has 0 atom stereocenters. The van der Waals surface area contributed by atoms with Crippen molar-refractivity contribution in [3.63, 3.8) is 0 Å². The van der Waals surface area contributed by atoms with Crippen LogP contribution in [0.5, 0.6) is 0 Å². The van der Waals surface area contributed by atoms with Gasteiger partial charge in [-0.15, -0.1) is 0 Å². The molecule has 0 unspecified atom stereocenters. The number of amides is 2. The molecule has 29 heavy (non-hydrogen) atoms. The Morgan fingerprint density at radius 3 is 2.28 bits per heavy atom. The summed E-state index contributed by atoms with van der Waals surface area (Å²) in [6.07, 6.45) is 0.892. The van der Waals surface area contributed by atoms with E-state index in [0.29, 0.717) is 11.3 Å². The van der Waals surface area contributed by atoms with E-state index in [9.17, 15) is 18.0 Å². The number of nitrogens with one attached hydrogen (secondary N) is 3. The molecule has 0 spiro atoms. The average Bonchev–Trinajstić information content (AvgIpc) is 3.16. The van der Waals surface area contributed by atoms with Crippen molar-refractivity contribution in [1.29, 1.82) is 0 Å². The molecule has 0 radical (unpaired) electrons. The van der Waals surface area contributed by atoms with Crippen LogP contribution in [0, 0.1) is 0 Å². The fraction of sp³-hybridized carbons (Fsp3) is 0.368. The molecular formula is C19H25N3O6S. The van der Waals surface area contributed by atoms with Gasteiger partial charge in [-0.25, -0.2) is 17.9 Å². The van der Waals surface area contributed by atoms with Crippen LogP contribution < -0.4 is 15.4 Å². The third-order valence-electron chi connectivity index (χ3n) is 3.52. The molecule has 0 fully saturated rings. The van der Waals surface area contributed by atoms with Crippen LogP contribution in [0.4, 0.5) is 4.79 Å². The molecule has 0 aliphatic heterocycles. The number of hydrogen-bond donors (Lipinski definition) is 3. The minimum absolute atomic E-state index is 0.0300. The maximum Gasteiger partial charge on any atom is 0.407 e. The number of alkyl carbamates (subject to hydrolysis) is 1. The van der Waals surface area contributed by atoms with E-state index in [1.807, 2.05) is 0 Å². The lowest BCUT2D eigenvalue weighted by Crippen LogP contribution is -2.37. The monoisotopic (exact) mass is 423 g/mol. The molecule has 158 valence electrons. The maximum atomic E-state index is 12.3. The molecule has 0 aliphatic carbocycles. The number of ether oxygens (including phenoxy) is 1. The molecule has 1 heterocycles. The first-order valence-corrected chi connectivity index (χ1v) is 10.4. The number of furan rings is 1. The molecule has 3 N–H and O–H groups in total. The number of sulfonamides is 1. The molecule has 0 saturated heterocycles. The molecule has 10 heteroatoms. The van der Waals surface area contributed by atoms with Crippen molar-refractivity contribution in [2.24, 2.45) is 0 Å². The highest BCUT2D eigenvalue weighted by molar-refractivity contribution is 7.89. The van der Waals surface area contributed by atoms with Crippen LogP contribution in [0.15, 0.2) is 52.0 Å². The number of hydrogen-bond acceptors (Lipinski definition) is 6. The molecule has 0 bridgehead atoms. The first-order valence-electron chi connectivity index (χ1n) is 8.94. The number of rotatable bonds is 8. The Labute approximate surface area is 169 Å². The smallest absolute Gasteiger partial charge is 0.407 e. The molecule has 2 aromatic rings. The van der Waals surface area contributed by atoms with Crippen molar-refractivity contribution < 1.29 is 27.2 Å². The lowest BCUT2D eigenvalue weighted by atomic mass is 10.2. The second-order valence-corrected chi connectivity index (χ2v) is 8.88. The fourth-order valence-corrected chi connectivity index (χ4v) is 3.20. The van der Waals surface area contributed by atoms with Crippen LogP contribution >= 0.6 is 0 Å². The zero-order valence-corrected chi connectivity index (χ0v) is 17.3. The van der Waals surface area contributed by atoms with Gasteiger partial charge in [-0.05, 0) is 57.2 Å². The van der Waals surface area contributed by atoms with Crippen LogP contribution in [0.1, 0.15) is 36.9 Å². The summed E-state index contributed by atoms with van der Waals surface area (Å²) < 4.78 is 37.1. The zero-order chi connectivity index (χ0) is 21.5. The predicted molar refractivity (Wildman–Crippen MR) is 106 cm³/mol. The first kappa shape index (κ1) is 22.4. The molecule has 9 nitrogen and oxygen atoms in total. The van der Waals surface area contributed by atoms with E-state index in [1.165, 1.54) is 30.5 Å². The summed E-state index contributed by atoms with van der Waals surface area (Å²) in [5, 5.41) is 5.16. The van der Waals surface area contributed by atoms with Gasteiger partial charge in [0.2, 0.25) is 10.0 Å². The average molecular weight is 423 g/mol. The molecule has 2 amide bonds. The van der Waals surface area contributed by atoms with E-state index in [-0.39, 0.29) is 30.4 Å². The van der Waals surface area contributed by atoms with Gasteiger partial charge in [-0.1, -0.05) is 0 Å². The Hall–Kier alpha value is -2.85. The first-order chi connectivity index (χ1) is 13.6. The Morgan fingerprint density at radius 2 is 1.69 bits per heavy atom. The maximum absolute atomic E-state index is 12.3. The van der Waals surface area contributed by atoms with E-state index in [2.05, 4.69) is 15.4 Å². The van der Waals surface area contributed by atoms with Crippen LogP contribution in [0.25, 0.3) is 0 Å². The van der Waals surface area contributed by atoms with Crippen LogP contribution in [-0.2, 0) is 21.3 Å². The van der Waals surface area contributed by atoms with E-state index >= 15 is 0 Å². The minimum atomic E-state index is -3.73. The summed E-state index contributed by atoms with van der Waals surface area (Å²) in [6, 6.07) is 8.85. The predicted octanol–water partition coefficient (Wildman–Crippen LogP) is 2.01. The molecule has 0 saturated carbocycles. The van der Waals surface area contributed by atoms with E-state index < -0.39 is 21.7 Å². The molecule has 1 aromatic heterocycles. The lowest BCUT2D eigenvalue weighted by molar-refractivity contribution is 0.0526. The highest BCUT2D eigenvalue weighted by Crippen LogP contribution is 2.12. The van der Waals surface area contributed by atoms with Gasteiger partial charge >= 0.3 is 6.09 Å². The highest BCUT2D eigenvalue weighted by Gasteiger charge is 2.17. The molecule has 0 aliphatic rings. The third kappa shape index (κ3) is 7.59. The largest absolute Gasteiger partial charge is 0.468 e. The topological polar surface area (TPSA) is 127 Å². The zero-order valence-electron chi connectivity index (χ0n) is 16.5. The van der Waals surface area contributed by atoms with Gasteiger partial charge in [-0.2, -0.15) is 0 Å². The Morgan fingerprint density at radius 1 is 1.03 bits per heavy atom. The van der Waals surface area contributed by atoms with Gasteiger partial charge < -0.3 is 19.8 Å². The van der Waals surface area contributed by atoms with Crippen LogP contribution in [0.2, 0.25) is 0 Å². The van der Waals surface area contributed by atoms with Crippen molar-refractivity contribution in [3.8, 4) is 0 Å². The number of carbonyl (C=O) groups excluding carboxylic acids is 2. The standard InChI is InChI=1S/C19H25N3O6S/c1-19(2,3)28-18(24)21-11-10-20-17(23)14-6-8-16(9-7-14)29(25,26)22-13-15-5-4-12-27-15/h4-9,12,22H,10-11,13H2,1-3H3,(H,20,23)(H,21,24). The van der Waals surface area contributed by atoms with Crippen LogP contribution in [0.3, 0.4) is 0 Å². The van der Waals surface area contributed by atoms with Gasteiger partial charge in [0.1, 0.15) is 11.4 Å². The van der Waals surface area contributed by atoms with Crippen LogP contribution in [-0.4, -0.2) is 39.1 Å². The van der Waals surface area contributed by atoms with Gasteiger partial charge in [0, 0.05) is 18.7 Å².